The lowest BCUT2D eigenvalue weighted by Gasteiger charge is -2.32. The van der Waals surface area contributed by atoms with Crippen LogP contribution in [0.15, 0.2) is 18.3 Å². The molecule has 1 heterocycles. The Hall–Kier alpha value is -0.800. The van der Waals surface area contributed by atoms with Crippen LogP contribution in [0, 0.1) is 5.92 Å². The molecule has 0 unspecified atom stereocenters. The van der Waals surface area contributed by atoms with Gasteiger partial charge in [0, 0.05) is 24.5 Å². The second kappa shape index (κ2) is 3.94. The van der Waals surface area contributed by atoms with Crippen molar-refractivity contribution in [2.24, 2.45) is 11.7 Å². The van der Waals surface area contributed by atoms with Gasteiger partial charge in [0.1, 0.15) is 0 Å². The molecule has 0 bridgehead atoms. The van der Waals surface area contributed by atoms with Crippen LogP contribution in [0.5, 0.6) is 0 Å². The Morgan fingerprint density at radius 1 is 1.54 bits per heavy atom. The van der Waals surface area contributed by atoms with E-state index in [2.05, 4.69) is 16.4 Å². The Morgan fingerprint density at radius 2 is 2.38 bits per heavy atom. The molecule has 0 spiro atoms. The quantitative estimate of drug-likeness (QED) is 0.641. The summed E-state index contributed by atoms with van der Waals surface area (Å²) in [6.45, 7) is 2.05. The third-order valence-electron chi connectivity index (χ3n) is 2.68. The molecule has 2 rings (SSSR count). The first-order valence-corrected chi connectivity index (χ1v) is 4.93. The van der Waals surface area contributed by atoms with E-state index in [0.29, 0.717) is 6.04 Å². The van der Waals surface area contributed by atoms with E-state index in [9.17, 15) is 0 Å². The van der Waals surface area contributed by atoms with Gasteiger partial charge in [0.2, 0.25) is 0 Å². The van der Waals surface area contributed by atoms with Gasteiger partial charge in [0.15, 0.2) is 0 Å². The molecule has 3 nitrogen and oxygen atoms in total. The maximum atomic E-state index is 5.70. The SMILES string of the molecule is NC1CC(CNCc2ccc[nH]2)C1. The fraction of sp³-hybridized carbons (Fsp3) is 0.600. The van der Waals surface area contributed by atoms with Crippen molar-refractivity contribution >= 4 is 0 Å². The zero-order valence-electron chi connectivity index (χ0n) is 7.79. The molecular formula is C10H17N3. The number of hydrogen-bond donors (Lipinski definition) is 3. The molecule has 0 aliphatic heterocycles. The predicted octanol–water partition coefficient (Wildman–Crippen LogP) is 0.842. The van der Waals surface area contributed by atoms with Crippen molar-refractivity contribution in [1.82, 2.24) is 10.3 Å². The second-order valence-corrected chi connectivity index (χ2v) is 3.92. The van der Waals surface area contributed by atoms with Gasteiger partial charge in [0.25, 0.3) is 0 Å². The lowest BCUT2D eigenvalue weighted by Crippen LogP contribution is -2.41. The summed E-state index contributed by atoms with van der Waals surface area (Å²) in [5.41, 5.74) is 6.95. The van der Waals surface area contributed by atoms with Crippen molar-refractivity contribution in [3.63, 3.8) is 0 Å². The fourth-order valence-electron chi connectivity index (χ4n) is 1.84. The third kappa shape index (κ3) is 2.32. The number of hydrogen-bond acceptors (Lipinski definition) is 2. The molecule has 1 aliphatic rings. The van der Waals surface area contributed by atoms with Gasteiger partial charge in [-0.15, -0.1) is 0 Å². The third-order valence-corrected chi connectivity index (χ3v) is 2.68. The van der Waals surface area contributed by atoms with Crippen molar-refractivity contribution < 1.29 is 0 Å². The Morgan fingerprint density at radius 3 is 3.00 bits per heavy atom. The largest absolute Gasteiger partial charge is 0.364 e. The molecule has 4 N–H and O–H groups in total. The van der Waals surface area contributed by atoms with Gasteiger partial charge in [-0.3, -0.25) is 0 Å². The van der Waals surface area contributed by atoms with E-state index in [1.54, 1.807) is 0 Å². The molecule has 0 amide bonds. The van der Waals surface area contributed by atoms with Gasteiger partial charge in [-0.1, -0.05) is 0 Å². The number of H-pyrrole nitrogens is 1. The number of rotatable bonds is 4. The summed E-state index contributed by atoms with van der Waals surface area (Å²) in [6, 6.07) is 4.59. The molecule has 72 valence electrons. The van der Waals surface area contributed by atoms with Crippen molar-refractivity contribution in [2.75, 3.05) is 6.54 Å². The molecule has 1 saturated carbocycles. The molecule has 0 aromatic carbocycles. The maximum absolute atomic E-state index is 5.70. The highest BCUT2D eigenvalue weighted by atomic mass is 14.9. The minimum Gasteiger partial charge on any atom is -0.364 e. The Labute approximate surface area is 78.7 Å². The molecular weight excluding hydrogens is 162 g/mol. The first-order chi connectivity index (χ1) is 6.34. The van der Waals surface area contributed by atoms with E-state index in [-0.39, 0.29) is 0 Å². The van der Waals surface area contributed by atoms with Crippen LogP contribution in [0.3, 0.4) is 0 Å². The van der Waals surface area contributed by atoms with Gasteiger partial charge in [-0.05, 0) is 37.4 Å². The average Bonchev–Trinajstić information content (AvgIpc) is 2.53. The lowest BCUT2D eigenvalue weighted by molar-refractivity contribution is 0.255. The Kier molecular flexibility index (Phi) is 2.66. The monoisotopic (exact) mass is 179 g/mol. The van der Waals surface area contributed by atoms with Gasteiger partial charge in [-0.25, -0.2) is 0 Å². The van der Waals surface area contributed by atoms with Gasteiger partial charge in [-0.2, -0.15) is 0 Å². The van der Waals surface area contributed by atoms with Gasteiger partial charge >= 0.3 is 0 Å². The van der Waals surface area contributed by atoms with Crippen molar-refractivity contribution in [3.05, 3.63) is 24.0 Å². The summed E-state index contributed by atoms with van der Waals surface area (Å²) in [4.78, 5) is 3.17. The summed E-state index contributed by atoms with van der Waals surface area (Å²) < 4.78 is 0. The summed E-state index contributed by atoms with van der Waals surface area (Å²) in [6.07, 6.45) is 4.34. The average molecular weight is 179 g/mol. The fourth-order valence-corrected chi connectivity index (χ4v) is 1.84. The standard InChI is InChI=1S/C10H17N3/c11-9-4-8(5-9)6-12-7-10-2-1-3-13-10/h1-3,8-9,12-13H,4-7,11H2. The second-order valence-electron chi connectivity index (χ2n) is 3.92. The zero-order valence-corrected chi connectivity index (χ0v) is 7.79. The zero-order chi connectivity index (χ0) is 9.10. The van der Waals surface area contributed by atoms with Crippen LogP contribution >= 0.6 is 0 Å². The topological polar surface area (TPSA) is 53.8 Å². The predicted molar refractivity (Wildman–Crippen MR) is 53.2 cm³/mol. The molecule has 0 radical (unpaired) electrons. The Balaban J connectivity index is 1.59. The van der Waals surface area contributed by atoms with Gasteiger partial charge in [0.05, 0.1) is 0 Å². The van der Waals surface area contributed by atoms with Crippen LogP contribution in [0.25, 0.3) is 0 Å². The molecule has 1 aliphatic carbocycles. The van der Waals surface area contributed by atoms with Crippen molar-refractivity contribution in [3.8, 4) is 0 Å². The highest BCUT2D eigenvalue weighted by Gasteiger charge is 2.24. The molecule has 3 heteroatoms. The number of aromatic amines is 1. The van der Waals surface area contributed by atoms with Crippen LogP contribution in [0.4, 0.5) is 0 Å². The van der Waals surface area contributed by atoms with E-state index in [1.165, 1.54) is 18.5 Å². The molecule has 1 aromatic rings. The highest BCUT2D eigenvalue weighted by Crippen LogP contribution is 2.24. The molecule has 0 saturated heterocycles. The number of nitrogens with two attached hydrogens (primary N) is 1. The smallest absolute Gasteiger partial charge is 0.0357 e. The lowest BCUT2D eigenvalue weighted by atomic mass is 9.81. The molecule has 1 aromatic heterocycles. The minimum atomic E-state index is 0.470. The van der Waals surface area contributed by atoms with Crippen molar-refractivity contribution in [2.45, 2.75) is 25.4 Å². The normalized spacial score (nSPS) is 27.2. The van der Waals surface area contributed by atoms with Gasteiger partial charge < -0.3 is 16.0 Å². The summed E-state index contributed by atoms with van der Waals surface area (Å²) in [5.74, 6) is 0.810. The molecule has 1 fully saturated rings. The van der Waals surface area contributed by atoms with Crippen molar-refractivity contribution in [1.29, 1.82) is 0 Å². The minimum absolute atomic E-state index is 0.470. The van der Waals surface area contributed by atoms with Crippen LogP contribution in [-0.2, 0) is 6.54 Å². The summed E-state index contributed by atoms with van der Waals surface area (Å²) in [5, 5.41) is 3.42. The molecule has 13 heavy (non-hydrogen) atoms. The van der Waals surface area contributed by atoms with Crippen LogP contribution in [0.1, 0.15) is 18.5 Å². The van der Waals surface area contributed by atoms with E-state index in [4.69, 9.17) is 5.73 Å². The van der Waals surface area contributed by atoms with Crippen LogP contribution in [-0.4, -0.2) is 17.6 Å². The van der Waals surface area contributed by atoms with E-state index in [0.717, 1.165) is 19.0 Å². The number of nitrogens with one attached hydrogen (secondary N) is 2. The maximum Gasteiger partial charge on any atom is 0.0357 e. The van der Waals surface area contributed by atoms with E-state index < -0.39 is 0 Å². The Bertz CT molecular complexity index is 237. The number of aromatic nitrogens is 1. The van der Waals surface area contributed by atoms with E-state index >= 15 is 0 Å². The molecule has 0 atom stereocenters. The summed E-state index contributed by atoms with van der Waals surface area (Å²) in [7, 11) is 0. The highest BCUT2D eigenvalue weighted by molar-refractivity contribution is 5.03. The first kappa shape index (κ1) is 8.78. The first-order valence-electron chi connectivity index (χ1n) is 4.93. The van der Waals surface area contributed by atoms with Crippen LogP contribution in [0.2, 0.25) is 0 Å². The summed E-state index contributed by atoms with van der Waals surface area (Å²) >= 11 is 0. The van der Waals surface area contributed by atoms with E-state index in [1.807, 2.05) is 12.3 Å². The van der Waals surface area contributed by atoms with Crippen LogP contribution < -0.4 is 11.1 Å².